The third kappa shape index (κ3) is 2.67. The quantitative estimate of drug-likeness (QED) is 0.331. The van der Waals surface area contributed by atoms with E-state index in [1.165, 1.54) is 12.0 Å². The number of nitrogens with zero attached hydrogens (tertiary/aromatic N) is 1. The molecule has 2 amide bonds. The number of carbonyl (C=O) groups excluding carboxylic acids is 3. The molecule has 2 saturated carbocycles. The molecule has 5 aliphatic rings. The molecule has 0 aromatic heterocycles. The summed E-state index contributed by atoms with van der Waals surface area (Å²) in [5.41, 5.74) is 0.901. The number of anilines is 1. The van der Waals surface area contributed by atoms with E-state index in [1.54, 1.807) is 48.5 Å². The van der Waals surface area contributed by atoms with Gasteiger partial charge in [0, 0.05) is 0 Å². The highest BCUT2D eigenvalue weighted by molar-refractivity contribution is 6.22. The lowest BCUT2D eigenvalue weighted by atomic mass is 9.63. The van der Waals surface area contributed by atoms with Crippen LogP contribution in [0.5, 0.6) is 11.5 Å². The van der Waals surface area contributed by atoms with Crippen molar-refractivity contribution < 1.29 is 23.9 Å². The third-order valence-corrected chi connectivity index (χ3v) is 7.27. The molecule has 0 spiro atoms. The lowest BCUT2D eigenvalue weighted by Gasteiger charge is -2.37. The Kier molecular flexibility index (Phi) is 3.88. The summed E-state index contributed by atoms with van der Waals surface area (Å²) in [7, 11) is 1.53. The summed E-state index contributed by atoms with van der Waals surface area (Å²) < 4.78 is 10.6. The van der Waals surface area contributed by atoms with Crippen LogP contribution in [-0.2, 0) is 9.59 Å². The van der Waals surface area contributed by atoms with Gasteiger partial charge in [-0.3, -0.25) is 14.5 Å². The molecule has 0 unspecified atom stereocenters. The number of imide groups is 1. The lowest BCUT2D eigenvalue weighted by Crippen LogP contribution is -2.40. The first-order valence-electron chi connectivity index (χ1n) is 10.6. The lowest BCUT2D eigenvalue weighted by molar-refractivity contribution is -0.124. The minimum Gasteiger partial charge on any atom is -0.497 e. The van der Waals surface area contributed by atoms with Gasteiger partial charge in [-0.1, -0.05) is 18.2 Å². The number of allylic oxidation sites excluding steroid dienone is 2. The van der Waals surface area contributed by atoms with E-state index in [0.29, 0.717) is 34.6 Å². The van der Waals surface area contributed by atoms with Gasteiger partial charge in [0.15, 0.2) is 0 Å². The van der Waals surface area contributed by atoms with Gasteiger partial charge in [-0.05, 0) is 72.6 Å². The van der Waals surface area contributed by atoms with Crippen molar-refractivity contribution in [2.45, 2.75) is 6.42 Å². The number of hydrogen-bond acceptors (Lipinski definition) is 5. The summed E-state index contributed by atoms with van der Waals surface area (Å²) >= 11 is 0. The average molecular weight is 415 g/mol. The second kappa shape index (κ2) is 6.54. The standard InChI is InChI=1S/C25H21NO5/c1-30-16-4-2-3-13(11-16)25(29)31-15-7-5-14(6-8-15)26-23(27)21-17-9-10-18(20-12-19(17)20)22(21)24(26)28/h2-11,17-22H,12H2,1H3/t17-,18-,19-,20+,21-,22+/m0/s1. The molecule has 7 rings (SSSR count). The van der Waals surface area contributed by atoms with E-state index in [9.17, 15) is 14.4 Å². The van der Waals surface area contributed by atoms with Crippen LogP contribution in [0.25, 0.3) is 0 Å². The Morgan fingerprint density at radius 2 is 1.55 bits per heavy atom. The first kappa shape index (κ1) is 18.4. The van der Waals surface area contributed by atoms with Crippen LogP contribution in [0.2, 0.25) is 0 Å². The molecule has 4 aliphatic carbocycles. The second-order valence-electron chi connectivity index (χ2n) is 8.78. The van der Waals surface area contributed by atoms with E-state index in [2.05, 4.69) is 12.2 Å². The maximum Gasteiger partial charge on any atom is 0.343 e. The molecule has 1 heterocycles. The second-order valence-corrected chi connectivity index (χ2v) is 8.78. The van der Waals surface area contributed by atoms with E-state index in [-0.39, 0.29) is 35.5 Å². The summed E-state index contributed by atoms with van der Waals surface area (Å²) in [5.74, 6) is 1.31. The summed E-state index contributed by atoms with van der Waals surface area (Å²) in [6.45, 7) is 0. The van der Waals surface area contributed by atoms with Crippen LogP contribution in [0.1, 0.15) is 16.8 Å². The number of benzene rings is 2. The van der Waals surface area contributed by atoms with Crippen molar-refractivity contribution in [3.63, 3.8) is 0 Å². The normalized spacial score (nSPS) is 32.0. The number of methoxy groups -OCH3 is 1. The monoisotopic (exact) mass is 415 g/mol. The average Bonchev–Trinajstić information content (AvgIpc) is 3.58. The van der Waals surface area contributed by atoms with Gasteiger partial charge in [0.25, 0.3) is 0 Å². The van der Waals surface area contributed by atoms with Gasteiger partial charge >= 0.3 is 5.97 Å². The van der Waals surface area contributed by atoms with Crippen LogP contribution in [0, 0.1) is 35.5 Å². The van der Waals surface area contributed by atoms with Crippen molar-refractivity contribution in [3.05, 3.63) is 66.2 Å². The predicted molar refractivity (Wildman–Crippen MR) is 112 cm³/mol. The van der Waals surface area contributed by atoms with Crippen LogP contribution < -0.4 is 14.4 Å². The van der Waals surface area contributed by atoms with Gasteiger partial charge in [-0.25, -0.2) is 4.79 Å². The van der Waals surface area contributed by atoms with Crippen molar-refractivity contribution in [1.29, 1.82) is 0 Å². The molecule has 1 saturated heterocycles. The van der Waals surface area contributed by atoms with Crippen LogP contribution in [0.3, 0.4) is 0 Å². The molecule has 1 aliphatic heterocycles. The first-order valence-corrected chi connectivity index (χ1v) is 10.6. The van der Waals surface area contributed by atoms with Gasteiger partial charge in [-0.2, -0.15) is 0 Å². The SMILES string of the molecule is COc1cccc(C(=O)Oc2ccc(N3C(=O)[C@@H]4[C@H]5C=C[C@@H]([C@@H]6C[C@H]56)[C@@H]4C3=O)cc2)c1. The Balaban J connectivity index is 1.21. The molecule has 156 valence electrons. The van der Waals surface area contributed by atoms with Crippen molar-refractivity contribution in [2.75, 3.05) is 12.0 Å². The Hall–Kier alpha value is -3.41. The number of ether oxygens (including phenoxy) is 2. The number of carbonyl (C=O) groups is 3. The fourth-order valence-corrected chi connectivity index (χ4v) is 5.79. The molecule has 0 N–H and O–H groups in total. The van der Waals surface area contributed by atoms with Crippen molar-refractivity contribution in [3.8, 4) is 11.5 Å². The number of hydrogen-bond donors (Lipinski definition) is 0. The van der Waals surface area contributed by atoms with Crippen LogP contribution in [0.4, 0.5) is 5.69 Å². The van der Waals surface area contributed by atoms with E-state index >= 15 is 0 Å². The topological polar surface area (TPSA) is 72.9 Å². The van der Waals surface area contributed by atoms with Crippen LogP contribution in [-0.4, -0.2) is 24.9 Å². The van der Waals surface area contributed by atoms with Crippen LogP contribution in [0.15, 0.2) is 60.7 Å². The zero-order chi connectivity index (χ0) is 21.3. The van der Waals surface area contributed by atoms with Crippen molar-refractivity contribution in [1.82, 2.24) is 0 Å². The molecule has 6 heteroatoms. The summed E-state index contributed by atoms with van der Waals surface area (Å²) in [4.78, 5) is 40.1. The third-order valence-electron chi connectivity index (χ3n) is 7.27. The summed E-state index contributed by atoms with van der Waals surface area (Å²) in [5, 5.41) is 0. The van der Waals surface area contributed by atoms with Gasteiger partial charge in [0.05, 0.1) is 30.2 Å². The molecule has 31 heavy (non-hydrogen) atoms. The molecular weight excluding hydrogens is 394 g/mol. The molecular formula is C25H21NO5. The van der Waals surface area contributed by atoms with E-state index in [4.69, 9.17) is 9.47 Å². The molecule has 2 bridgehead atoms. The summed E-state index contributed by atoms with van der Waals surface area (Å²) in [6.07, 6.45) is 5.47. The van der Waals surface area contributed by atoms with Crippen LogP contribution >= 0.6 is 0 Å². The Morgan fingerprint density at radius 1 is 0.903 bits per heavy atom. The minimum atomic E-state index is -0.507. The Labute approximate surface area is 179 Å². The van der Waals surface area contributed by atoms with Gasteiger partial charge in [-0.15, -0.1) is 0 Å². The molecule has 0 radical (unpaired) electrons. The fraction of sp³-hybridized carbons (Fsp3) is 0.320. The summed E-state index contributed by atoms with van der Waals surface area (Å²) in [6, 6.07) is 13.3. The maximum atomic E-state index is 13.2. The highest BCUT2D eigenvalue weighted by atomic mass is 16.5. The fourth-order valence-electron chi connectivity index (χ4n) is 5.79. The Bertz CT molecular complexity index is 1100. The number of rotatable bonds is 4. The number of esters is 1. The predicted octanol–water partition coefficient (Wildman–Crippen LogP) is 3.47. The maximum absolute atomic E-state index is 13.2. The van der Waals surface area contributed by atoms with E-state index in [0.717, 1.165) is 6.42 Å². The van der Waals surface area contributed by atoms with Gasteiger partial charge < -0.3 is 9.47 Å². The zero-order valence-corrected chi connectivity index (χ0v) is 16.9. The largest absolute Gasteiger partial charge is 0.497 e. The van der Waals surface area contributed by atoms with Crippen molar-refractivity contribution >= 4 is 23.5 Å². The molecule has 2 aromatic rings. The van der Waals surface area contributed by atoms with E-state index in [1.807, 2.05) is 0 Å². The van der Waals surface area contributed by atoms with Gasteiger partial charge in [0.1, 0.15) is 11.5 Å². The Morgan fingerprint density at radius 3 is 2.16 bits per heavy atom. The first-order chi connectivity index (χ1) is 15.1. The molecule has 6 nitrogen and oxygen atoms in total. The molecule has 6 atom stereocenters. The smallest absolute Gasteiger partial charge is 0.343 e. The zero-order valence-electron chi connectivity index (χ0n) is 16.9. The highest BCUT2D eigenvalue weighted by Crippen LogP contribution is 2.65. The molecule has 2 aromatic carbocycles. The minimum absolute atomic E-state index is 0.0965. The van der Waals surface area contributed by atoms with Crippen molar-refractivity contribution in [2.24, 2.45) is 35.5 Å². The number of amides is 2. The van der Waals surface area contributed by atoms with E-state index < -0.39 is 5.97 Å². The molecule has 3 fully saturated rings. The van der Waals surface area contributed by atoms with Gasteiger partial charge in [0.2, 0.25) is 11.8 Å². The highest BCUT2D eigenvalue weighted by Gasteiger charge is 2.67.